The van der Waals surface area contributed by atoms with Crippen LogP contribution in [-0.4, -0.2) is 45.6 Å². The van der Waals surface area contributed by atoms with Gasteiger partial charge in [0.25, 0.3) is 10.1 Å². The van der Waals surface area contributed by atoms with Crippen LogP contribution in [0.5, 0.6) is 0 Å². The zero-order valence-corrected chi connectivity index (χ0v) is 32.8. The van der Waals surface area contributed by atoms with Gasteiger partial charge in [-0.05, 0) is 101 Å². The topological polar surface area (TPSA) is 105 Å². The Morgan fingerprint density at radius 3 is 1.78 bits per heavy atom. The molecule has 0 radical (unpaired) electrons. The molecule has 0 saturated carbocycles. The summed E-state index contributed by atoms with van der Waals surface area (Å²) < 4.78 is 47.3. The van der Waals surface area contributed by atoms with Gasteiger partial charge in [0.05, 0.1) is 24.7 Å². The van der Waals surface area contributed by atoms with Gasteiger partial charge < -0.3 is 14.2 Å². The predicted octanol–water partition coefficient (Wildman–Crippen LogP) is 9.27. The molecule has 0 N–H and O–H groups in total. The number of Topliss-reactive ketones (excluding diaryl/α,β-unsaturated/α-hetero) is 1. The van der Waals surface area contributed by atoms with Crippen molar-refractivity contribution >= 4 is 21.9 Å². The molecule has 0 aliphatic carbocycles. The van der Waals surface area contributed by atoms with Crippen LogP contribution in [0.4, 0.5) is 0 Å². The summed E-state index contributed by atoms with van der Waals surface area (Å²) in [5.74, 6) is -0.586. The van der Waals surface area contributed by atoms with E-state index in [-0.39, 0.29) is 17.3 Å². The number of ketones is 1. The molecule has 0 spiro atoms. The van der Waals surface area contributed by atoms with Gasteiger partial charge in [0.1, 0.15) is 16.8 Å². The first-order chi connectivity index (χ1) is 24.0. The standard InChI is InChI=1S/C21H26O5S.C21H32O3/c1-3-17(2)18-9-11-20(12-10-18)27(22,23)26-14-13-21(24-15-16-25-21)19-7-5-4-6-8-19;1-8-15(2)18-11-9-17(10-12-18)13-14-21(7,16(3)22)19(23)24-20(4,5)6/h4-12,17H,3,13-16H2,1-2H3;9-12,15H,8,13-14H2,1-7H3. The number of ether oxygens (including phenoxy) is 3. The van der Waals surface area contributed by atoms with Crippen LogP contribution < -0.4 is 0 Å². The molecule has 3 aromatic carbocycles. The fourth-order valence-electron chi connectivity index (χ4n) is 5.61. The Labute approximate surface area is 306 Å². The van der Waals surface area contributed by atoms with Crippen molar-refractivity contribution < 1.29 is 36.4 Å². The molecular weight excluding hydrogens is 665 g/mol. The molecule has 1 saturated heterocycles. The van der Waals surface area contributed by atoms with Gasteiger partial charge in [0.2, 0.25) is 0 Å². The Morgan fingerprint density at radius 2 is 1.31 bits per heavy atom. The normalized spacial score (nSPS) is 16.6. The van der Waals surface area contributed by atoms with Crippen LogP contribution in [0.2, 0.25) is 0 Å². The molecule has 0 bridgehead atoms. The lowest BCUT2D eigenvalue weighted by Crippen LogP contribution is -2.40. The van der Waals surface area contributed by atoms with Crippen molar-refractivity contribution in [2.24, 2.45) is 5.41 Å². The predicted molar refractivity (Wildman–Crippen MR) is 201 cm³/mol. The lowest BCUT2D eigenvalue weighted by molar-refractivity contribution is -0.174. The van der Waals surface area contributed by atoms with Crippen LogP contribution in [0, 0.1) is 5.41 Å². The summed E-state index contributed by atoms with van der Waals surface area (Å²) in [5.41, 5.74) is 2.75. The third kappa shape index (κ3) is 11.8. The van der Waals surface area contributed by atoms with Crippen LogP contribution >= 0.6 is 0 Å². The molecule has 0 amide bonds. The molecule has 1 heterocycles. The molecule has 9 heteroatoms. The molecule has 280 valence electrons. The van der Waals surface area contributed by atoms with Crippen molar-refractivity contribution in [1.82, 2.24) is 0 Å². The van der Waals surface area contributed by atoms with Gasteiger partial charge in [0.15, 0.2) is 5.79 Å². The average Bonchev–Trinajstić information content (AvgIpc) is 3.60. The Kier molecular flexibility index (Phi) is 15.2. The fourth-order valence-corrected chi connectivity index (χ4v) is 6.52. The molecule has 1 fully saturated rings. The van der Waals surface area contributed by atoms with E-state index in [9.17, 15) is 18.0 Å². The van der Waals surface area contributed by atoms with E-state index in [1.165, 1.54) is 12.5 Å². The van der Waals surface area contributed by atoms with Gasteiger partial charge >= 0.3 is 5.97 Å². The third-order valence-corrected chi connectivity index (χ3v) is 11.0. The first kappa shape index (κ1) is 42.0. The minimum atomic E-state index is -3.82. The van der Waals surface area contributed by atoms with E-state index < -0.39 is 32.9 Å². The molecule has 1 aliphatic rings. The Bertz CT molecular complexity index is 1640. The van der Waals surface area contributed by atoms with E-state index in [2.05, 4.69) is 52.0 Å². The van der Waals surface area contributed by atoms with Crippen molar-refractivity contribution in [3.8, 4) is 0 Å². The number of aryl methyl sites for hydroxylation is 1. The highest BCUT2D eigenvalue weighted by molar-refractivity contribution is 7.86. The van der Waals surface area contributed by atoms with Gasteiger partial charge in [-0.1, -0.05) is 94.4 Å². The van der Waals surface area contributed by atoms with Gasteiger partial charge in [-0.25, -0.2) is 0 Å². The van der Waals surface area contributed by atoms with E-state index in [4.69, 9.17) is 18.4 Å². The van der Waals surface area contributed by atoms with Gasteiger partial charge in [0, 0.05) is 12.0 Å². The highest BCUT2D eigenvalue weighted by Gasteiger charge is 2.41. The molecule has 0 aromatic heterocycles. The van der Waals surface area contributed by atoms with Crippen LogP contribution in [0.1, 0.15) is 122 Å². The smallest absolute Gasteiger partial charge is 0.319 e. The first-order valence-corrected chi connectivity index (χ1v) is 19.5. The number of hydrogen-bond acceptors (Lipinski definition) is 8. The second-order valence-corrected chi connectivity index (χ2v) is 16.3. The summed E-state index contributed by atoms with van der Waals surface area (Å²) in [6.07, 6.45) is 3.54. The zero-order chi connectivity index (χ0) is 37.9. The number of carbonyl (C=O) groups is 2. The van der Waals surface area contributed by atoms with Crippen LogP contribution in [0.3, 0.4) is 0 Å². The summed E-state index contributed by atoms with van der Waals surface area (Å²) in [6, 6.07) is 24.9. The number of hydrogen-bond donors (Lipinski definition) is 0. The summed E-state index contributed by atoms with van der Waals surface area (Å²) in [7, 11) is -3.82. The highest BCUT2D eigenvalue weighted by atomic mass is 32.2. The molecule has 8 nitrogen and oxygen atoms in total. The van der Waals surface area contributed by atoms with Crippen LogP contribution in [0.25, 0.3) is 0 Å². The van der Waals surface area contributed by atoms with Crippen LogP contribution in [-0.2, 0) is 50.3 Å². The minimum absolute atomic E-state index is 0.0235. The van der Waals surface area contributed by atoms with Crippen molar-refractivity contribution in [2.75, 3.05) is 19.8 Å². The van der Waals surface area contributed by atoms with Crippen molar-refractivity contribution in [2.45, 2.75) is 123 Å². The average molecular weight is 723 g/mol. The van der Waals surface area contributed by atoms with Crippen molar-refractivity contribution in [3.05, 3.63) is 101 Å². The van der Waals surface area contributed by atoms with Gasteiger partial charge in [-0.3, -0.25) is 13.8 Å². The van der Waals surface area contributed by atoms with Gasteiger partial charge in [-0.2, -0.15) is 8.42 Å². The van der Waals surface area contributed by atoms with Crippen molar-refractivity contribution in [1.29, 1.82) is 0 Å². The number of esters is 1. The Hall–Kier alpha value is -3.37. The maximum atomic E-state index is 12.5. The quantitative estimate of drug-likeness (QED) is 0.0869. The molecule has 3 aromatic rings. The molecule has 51 heavy (non-hydrogen) atoms. The van der Waals surface area contributed by atoms with E-state index in [0.29, 0.717) is 44.3 Å². The van der Waals surface area contributed by atoms with Crippen molar-refractivity contribution in [3.63, 3.8) is 0 Å². The second kappa shape index (κ2) is 18.4. The summed E-state index contributed by atoms with van der Waals surface area (Å²) in [6.45, 7) is 18.1. The largest absolute Gasteiger partial charge is 0.459 e. The van der Waals surface area contributed by atoms with E-state index in [1.54, 1.807) is 19.1 Å². The molecular formula is C42H58O8S. The number of rotatable bonds is 15. The minimum Gasteiger partial charge on any atom is -0.459 e. The fraction of sp³-hybridized carbons (Fsp3) is 0.524. The molecule has 4 rings (SSSR count). The number of carbonyl (C=O) groups excluding carboxylic acids is 2. The maximum Gasteiger partial charge on any atom is 0.319 e. The first-order valence-electron chi connectivity index (χ1n) is 18.1. The zero-order valence-electron chi connectivity index (χ0n) is 32.0. The lowest BCUT2D eigenvalue weighted by atomic mass is 9.80. The SMILES string of the molecule is CCC(C)c1ccc(CCC(C)(C(C)=O)C(=O)OC(C)(C)C)cc1.CCC(C)c1ccc(S(=O)(=O)OCCC2(c3ccccc3)OCCO2)cc1. The maximum absolute atomic E-state index is 12.5. The molecule has 3 unspecified atom stereocenters. The van der Waals surface area contributed by atoms with Crippen LogP contribution in [0.15, 0.2) is 83.8 Å². The molecule has 1 aliphatic heterocycles. The lowest BCUT2D eigenvalue weighted by Gasteiger charge is -2.29. The monoisotopic (exact) mass is 722 g/mol. The summed E-state index contributed by atoms with van der Waals surface area (Å²) >= 11 is 0. The Balaban J connectivity index is 0.000000278. The Morgan fingerprint density at radius 1 is 0.804 bits per heavy atom. The molecule has 3 atom stereocenters. The third-order valence-electron chi connectivity index (χ3n) is 9.69. The highest BCUT2D eigenvalue weighted by Crippen LogP contribution is 2.35. The summed E-state index contributed by atoms with van der Waals surface area (Å²) in [5, 5.41) is 0. The second-order valence-electron chi connectivity index (χ2n) is 14.7. The number of benzene rings is 3. The van der Waals surface area contributed by atoms with E-state index in [0.717, 1.165) is 29.5 Å². The van der Waals surface area contributed by atoms with Gasteiger partial charge in [-0.15, -0.1) is 0 Å². The van der Waals surface area contributed by atoms with E-state index >= 15 is 0 Å². The van der Waals surface area contributed by atoms with E-state index in [1.807, 2.05) is 63.2 Å². The summed E-state index contributed by atoms with van der Waals surface area (Å²) in [4.78, 5) is 24.7.